The van der Waals surface area contributed by atoms with Crippen LogP contribution < -0.4 is 10.6 Å². The zero-order chi connectivity index (χ0) is 19.8. The molecule has 0 radical (unpaired) electrons. The summed E-state index contributed by atoms with van der Waals surface area (Å²) in [6.07, 6.45) is 8.08. The van der Waals surface area contributed by atoms with E-state index in [1.165, 1.54) is 18.4 Å². The fourth-order valence-electron chi connectivity index (χ4n) is 3.15. The summed E-state index contributed by atoms with van der Waals surface area (Å²) in [5.41, 5.74) is 3.23. The lowest BCUT2D eigenvalue weighted by Crippen LogP contribution is -2.46. The first-order valence-corrected chi connectivity index (χ1v) is 10.4. The monoisotopic (exact) mass is 435 g/mol. The molecule has 0 aromatic heterocycles. The first-order valence-electron chi connectivity index (χ1n) is 9.58. The maximum atomic E-state index is 12.3. The van der Waals surface area contributed by atoms with Gasteiger partial charge in [0, 0.05) is 16.7 Å². The highest BCUT2D eigenvalue weighted by molar-refractivity contribution is 9.10. The number of amides is 2. The van der Waals surface area contributed by atoms with Crippen molar-refractivity contribution in [1.82, 2.24) is 10.2 Å². The quantitative estimate of drug-likeness (QED) is 0.605. The van der Waals surface area contributed by atoms with Gasteiger partial charge in [0.05, 0.1) is 12.6 Å². The van der Waals surface area contributed by atoms with Gasteiger partial charge < -0.3 is 10.6 Å². The predicted molar refractivity (Wildman–Crippen MR) is 114 cm³/mol. The van der Waals surface area contributed by atoms with Gasteiger partial charge in [-0.1, -0.05) is 27.6 Å². The number of benzene rings is 1. The van der Waals surface area contributed by atoms with Crippen LogP contribution in [0.25, 0.3) is 0 Å². The lowest BCUT2D eigenvalue weighted by molar-refractivity contribution is -0.126. The fraction of sp³-hybridized carbons (Fsp3) is 0.524. The molecule has 1 aromatic carbocycles. The van der Waals surface area contributed by atoms with Crippen LogP contribution in [0.1, 0.15) is 44.6 Å². The van der Waals surface area contributed by atoms with Crippen molar-refractivity contribution in [3.8, 4) is 0 Å². The summed E-state index contributed by atoms with van der Waals surface area (Å²) in [5, 5.41) is 5.90. The average molecular weight is 436 g/mol. The van der Waals surface area contributed by atoms with Crippen molar-refractivity contribution in [2.75, 3.05) is 25.5 Å². The molecular weight excluding hydrogens is 406 g/mol. The van der Waals surface area contributed by atoms with Crippen molar-refractivity contribution in [1.29, 1.82) is 0 Å². The van der Waals surface area contributed by atoms with Crippen LogP contribution in [0, 0.1) is 6.92 Å². The highest BCUT2D eigenvalue weighted by atomic mass is 79.9. The molecule has 148 valence electrons. The number of carbonyl (C=O) groups excluding carboxylic acids is 2. The number of nitrogens with one attached hydrogen (secondary N) is 2. The molecule has 2 rings (SSSR count). The molecule has 0 heterocycles. The van der Waals surface area contributed by atoms with Gasteiger partial charge in [0.15, 0.2) is 0 Å². The van der Waals surface area contributed by atoms with Gasteiger partial charge in [-0.2, -0.15) is 0 Å². The van der Waals surface area contributed by atoms with E-state index in [0.717, 1.165) is 35.0 Å². The number of hydrogen-bond donors (Lipinski definition) is 2. The van der Waals surface area contributed by atoms with Gasteiger partial charge in [0.1, 0.15) is 0 Å². The number of likely N-dealkylation sites (N-methyl/N-ethyl adjacent to an activating group) is 1. The summed E-state index contributed by atoms with van der Waals surface area (Å²) >= 11 is 3.41. The summed E-state index contributed by atoms with van der Waals surface area (Å²) in [4.78, 5) is 26.4. The molecule has 0 saturated carbocycles. The summed E-state index contributed by atoms with van der Waals surface area (Å²) in [5.74, 6) is -0.170. The number of allylic oxidation sites excluding steroid dienone is 1. The number of aryl methyl sites for hydroxylation is 1. The number of halogens is 1. The van der Waals surface area contributed by atoms with Crippen LogP contribution in [0.15, 0.2) is 34.3 Å². The molecule has 1 atom stereocenters. The lowest BCUT2D eigenvalue weighted by Gasteiger charge is -2.23. The standard InChI is InChI=1S/C21H30BrN3O2/c1-15-13-18(22)9-10-19(15)24-20(26)14-25(3)16(2)21(27)23-12-11-17-7-5-4-6-8-17/h7,9-10,13,16H,4-6,8,11-12,14H2,1-3H3,(H,23,27)(H,24,26)/t16-/m1/s1. The Morgan fingerprint density at radius 1 is 1.30 bits per heavy atom. The van der Waals surface area contributed by atoms with Crippen molar-refractivity contribution >= 4 is 33.4 Å². The van der Waals surface area contributed by atoms with E-state index in [-0.39, 0.29) is 24.4 Å². The third-order valence-corrected chi connectivity index (χ3v) is 5.52. The molecule has 2 amide bonds. The Morgan fingerprint density at radius 2 is 2.07 bits per heavy atom. The molecular formula is C21H30BrN3O2. The van der Waals surface area contributed by atoms with Crippen molar-refractivity contribution in [2.45, 2.75) is 52.0 Å². The van der Waals surface area contributed by atoms with E-state index >= 15 is 0 Å². The first kappa shape index (κ1) is 21.6. The summed E-state index contributed by atoms with van der Waals surface area (Å²) in [6, 6.07) is 5.36. The molecule has 5 nitrogen and oxygen atoms in total. The molecule has 1 aliphatic carbocycles. The fourth-order valence-corrected chi connectivity index (χ4v) is 3.62. The van der Waals surface area contributed by atoms with Crippen LogP contribution in [0.5, 0.6) is 0 Å². The van der Waals surface area contributed by atoms with Crippen LogP contribution in [0.3, 0.4) is 0 Å². The van der Waals surface area contributed by atoms with E-state index < -0.39 is 0 Å². The highest BCUT2D eigenvalue weighted by Crippen LogP contribution is 2.20. The third kappa shape index (κ3) is 7.11. The highest BCUT2D eigenvalue weighted by Gasteiger charge is 2.20. The van der Waals surface area contributed by atoms with Crippen LogP contribution >= 0.6 is 15.9 Å². The Balaban J connectivity index is 1.75. The second-order valence-electron chi connectivity index (χ2n) is 7.25. The minimum Gasteiger partial charge on any atom is -0.354 e. The number of hydrogen-bond acceptors (Lipinski definition) is 3. The number of nitrogens with zero attached hydrogens (tertiary/aromatic N) is 1. The molecule has 6 heteroatoms. The molecule has 27 heavy (non-hydrogen) atoms. The number of carbonyl (C=O) groups is 2. The van der Waals surface area contributed by atoms with Crippen molar-refractivity contribution < 1.29 is 9.59 Å². The maximum absolute atomic E-state index is 12.3. The van der Waals surface area contributed by atoms with Gasteiger partial charge in [0.2, 0.25) is 11.8 Å². The zero-order valence-corrected chi connectivity index (χ0v) is 18.1. The average Bonchev–Trinajstić information content (AvgIpc) is 2.64. The van der Waals surface area contributed by atoms with E-state index in [1.807, 2.05) is 32.0 Å². The molecule has 2 N–H and O–H groups in total. The number of anilines is 1. The summed E-state index contributed by atoms with van der Waals surface area (Å²) in [6.45, 7) is 4.59. The number of rotatable bonds is 8. The Labute approximate surface area is 170 Å². The van der Waals surface area contributed by atoms with Crippen molar-refractivity contribution in [2.24, 2.45) is 0 Å². The summed E-state index contributed by atoms with van der Waals surface area (Å²) < 4.78 is 0.976. The first-order chi connectivity index (χ1) is 12.9. The van der Waals surface area contributed by atoms with Crippen molar-refractivity contribution in [3.05, 3.63) is 39.9 Å². The smallest absolute Gasteiger partial charge is 0.238 e. The van der Waals surface area contributed by atoms with E-state index in [0.29, 0.717) is 6.54 Å². The zero-order valence-electron chi connectivity index (χ0n) is 16.5. The van der Waals surface area contributed by atoms with Crippen molar-refractivity contribution in [3.63, 3.8) is 0 Å². The topological polar surface area (TPSA) is 61.4 Å². The third-order valence-electron chi connectivity index (χ3n) is 5.03. The van der Waals surface area contributed by atoms with Gasteiger partial charge in [-0.05, 0) is 76.8 Å². The normalized spacial score (nSPS) is 15.2. The summed E-state index contributed by atoms with van der Waals surface area (Å²) in [7, 11) is 1.79. The minimum atomic E-state index is -0.359. The SMILES string of the molecule is Cc1cc(Br)ccc1NC(=O)CN(C)[C@H](C)C(=O)NCCC1=CCCCC1. The molecule has 0 unspecified atom stereocenters. The molecule has 0 fully saturated rings. The van der Waals surface area contributed by atoms with E-state index in [2.05, 4.69) is 32.6 Å². The van der Waals surface area contributed by atoms with Gasteiger partial charge in [0.25, 0.3) is 0 Å². The molecule has 0 saturated heterocycles. The minimum absolute atomic E-state index is 0.0402. The van der Waals surface area contributed by atoms with Crippen LogP contribution in [-0.4, -0.2) is 42.9 Å². The van der Waals surface area contributed by atoms with E-state index in [1.54, 1.807) is 11.9 Å². The largest absolute Gasteiger partial charge is 0.354 e. The Bertz CT molecular complexity index is 703. The second kappa shape index (κ2) is 10.6. The molecule has 0 aliphatic heterocycles. The van der Waals surface area contributed by atoms with Gasteiger partial charge >= 0.3 is 0 Å². The van der Waals surface area contributed by atoms with Crippen LogP contribution in [-0.2, 0) is 9.59 Å². The maximum Gasteiger partial charge on any atom is 0.238 e. The molecule has 0 spiro atoms. The Hall–Kier alpha value is -1.66. The molecule has 0 bridgehead atoms. The van der Waals surface area contributed by atoms with Gasteiger partial charge in [-0.3, -0.25) is 14.5 Å². The van der Waals surface area contributed by atoms with Crippen LogP contribution in [0.4, 0.5) is 5.69 Å². The Morgan fingerprint density at radius 3 is 2.74 bits per heavy atom. The second-order valence-corrected chi connectivity index (χ2v) is 8.16. The Kier molecular flexibility index (Phi) is 8.51. The van der Waals surface area contributed by atoms with E-state index in [4.69, 9.17) is 0 Å². The predicted octanol–water partition coefficient (Wildman–Crippen LogP) is 4.02. The lowest BCUT2D eigenvalue weighted by atomic mass is 9.97. The van der Waals surface area contributed by atoms with Gasteiger partial charge in [-0.25, -0.2) is 0 Å². The molecule has 1 aromatic rings. The molecule has 1 aliphatic rings. The van der Waals surface area contributed by atoms with E-state index in [9.17, 15) is 9.59 Å². The van der Waals surface area contributed by atoms with Crippen LogP contribution in [0.2, 0.25) is 0 Å². The van der Waals surface area contributed by atoms with Gasteiger partial charge in [-0.15, -0.1) is 0 Å².